The monoisotopic (exact) mass is 440 g/mol. The molecular weight excluding hydrogens is 412 g/mol. The van der Waals surface area contributed by atoms with Crippen molar-refractivity contribution in [2.75, 3.05) is 25.1 Å². The Balaban J connectivity index is 1.62. The molecule has 0 fully saturated rings. The second-order valence-electron chi connectivity index (χ2n) is 8.42. The number of hydrogen-bond donors (Lipinski definition) is 0. The minimum absolute atomic E-state index is 0.173. The van der Waals surface area contributed by atoms with Gasteiger partial charge in [-0.2, -0.15) is 0 Å². The van der Waals surface area contributed by atoms with Crippen LogP contribution in [0.2, 0.25) is 0 Å². The van der Waals surface area contributed by atoms with Crippen LogP contribution in [0.5, 0.6) is 5.75 Å². The number of para-hydroxylation sites is 1. The van der Waals surface area contributed by atoms with E-state index < -0.39 is 0 Å². The Kier molecular flexibility index (Phi) is 6.31. The SMILES string of the molecule is Cc1ccc(C2=C(N(C)c3ccccc3)C(=O)N(CCOc3cc(C)cc(C)c3)C2=O)cc1. The van der Waals surface area contributed by atoms with Crippen molar-refractivity contribution >= 4 is 23.1 Å². The third-order valence-electron chi connectivity index (χ3n) is 5.74. The van der Waals surface area contributed by atoms with Crippen molar-refractivity contribution in [2.45, 2.75) is 20.8 Å². The van der Waals surface area contributed by atoms with E-state index in [0.29, 0.717) is 11.3 Å². The fourth-order valence-corrected chi connectivity index (χ4v) is 4.11. The molecule has 0 N–H and O–H groups in total. The van der Waals surface area contributed by atoms with E-state index in [1.165, 1.54) is 4.90 Å². The molecule has 33 heavy (non-hydrogen) atoms. The number of likely N-dealkylation sites (N-methyl/N-ethyl adjacent to an activating group) is 1. The van der Waals surface area contributed by atoms with E-state index in [2.05, 4.69) is 6.07 Å². The molecule has 1 aliphatic rings. The molecule has 4 rings (SSSR count). The quantitative estimate of drug-likeness (QED) is 0.490. The Morgan fingerprint density at radius 1 is 0.788 bits per heavy atom. The fraction of sp³-hybridized carbons (Fsp3) is 0.214. The smallest absolute Gasteiger partial charge is 0.278 e. The Bertz CT molecular complexity index is 1190. The first-order chi connectivity index (χ1) is 15.8. The molecule has 1 heterocycles. The van der Waals surface area contributed by atoms with Crippen molar-refractivity contribution in [3.8, 4) is 5.75 Å². The topological polar surface area (TPSA) is 49.9 Å². The summed E-state index contributed by atoms with van der Waals surface area (Å²) in [6, 6.07) is 23.2. The number of nitrogens with zero attached hydrogens (tertiary/aromatic N) is 2. The molecule has 0 saturated carbocycles. The van der Waals surface area contributed by atoms with Crippen molar-refractivity contribution in [1.82, 2.24) is 4.90 Å². The maximum atomic E-state index is 13.5. The van der Waals surface area contributed by atoms with Gasteiger partial charge < -0.3 is 9.64 Å². The number of benzene rings is 3. The van der Waals surface area contributed by atoms with Crippen LogP contribution in [0.25, 0.3) is 5.57 Å². The number of carbonyl (C=O) groups excluding carboxylic acids is 2. The molecule has 3 aromatic carbocycles. The Morgan fingerprint density at radius 3 is 2.06 bits per heavy atom. The molecule has 1 aliphatic heterocycles. The van der Waals surface area contributed by atoms with Gasteiger partial charge in [-0.05, 0) is 61.7 Å². The number of amides is 2. The van der Waals surface area contributed by atoms with Crippen LogP contribution in [0.3, 0.4) is 0 Å². The van der Waals surface area contributed by atoms with Crippen LogP contribution in [0, 0.1) is 20.8 Å². The lowest BCUT2D eigenvalue weighted by molar-refractivity contribution is -0.137. The van der Waals surface area contributed by atoms with Crippen LogP contribution in [-0.2, 0) is 9.59 Å². The number of imide groups is 1. The van der Waals surface area contributed by atoms with Gasteiger partial charge in [0.25, 0.3) is 11.8 Å². The highest BCUT2D eigenvalue weighted by Gasteiger charge is 2.41. The molecule has 5 nitrogen and oxygen atoms in total. The first-order valence-corrected chi connectivity index (χ1v) is 11.0. The number of rotatable bonds is 7. The summed E-state index contributed by atoms with van der Waals surface area (Å²) in [4.78, 5) is 30.0. The van der Waals surface area contributed by atoms with Crippen LogP contribution in [0.15, 0.2) is 78.5 Å². The van der Waals surface area contributed by atoms with Crippen molar-refractivity contribution in [3.63, 3.8) is 0 Å². The fourth-order valence-electron chi connectivity index (χ4n) is 4.11. The molecule has 0 saturated heterocycles. The van der Waals surface area contributed by atoms with E-state index >= 15 is 0 Å². The van der Waals surface area contributed by atoms with E-state index in [9.17, 15) is 9.59 Å². The summed E-state index contributed by atoms with van der Waals surface area (Å²) in [6.07, 6.45) is 0. The summed E-state index contributed by atoms with van der Waals surface area (Å²) in [5.74, 6) is 0.122. The van der Waals surface area contributed by atoms with Crippen LogP contribution < -0.4 is 9.64 Å². The summed E-state index contributed by atoms with van der Waals surface area (Å²) in [5.41, 5.74) is 5.66. The van der Waals surface area contributed by atoms with Crippen LogP contribution in [0.4, 0.5) is 5.69 Å². The minimum atomic E-state index is -0.314. The molecule has 0 aromatic heterocycles. The van der Waals surface area contributed by atoms with Crippen LogP contribution >= 0.6 is 0 Å². The molecule has 0 spiro atoms. The van der Waals surface area contributed by atoms with Gasteiger partial charge in [0.15, 0.2) is 0 Å². The summed E-state index contributed by atoms with van der Waals surface area (Å²) in [5, 5.41) is 0. The number of aryl methyl sites for hydroxylation is 3. The number of hydrogen-bond acceptors (Lipinski definition) is 4. The van der Waals surface area contributed by atoms with Gasteiger partial charge in [-0.25, -0.2) is 0 Å². The van der Waals surface area contributed by atoms with Gasteiger partial charge in [0.2, 0.25) is 0 Å². The molecule has 168 valence electrons. The normalized spacial score (nSPS) is 13.6. The maximum Gasteiger partial charge on any atom is 0.278 e. The van der Waals surface area contributed by atoms with Crippen molar-refractivity contribution in [3.05, 3.63) is 101 Å². The average molecular weight is 441 g/mol. The zero-order chi connectivity index (χ0) is 23.5. The van der Waals surface area contributed by atoms with Crippen LogP contribution in [-0.4, -0.2) is 36.9 Å². The summed E-state index contributed by atoms with van der Waals surface area (Å²) in [6.45, 7) is 6.41. The van der Waals surface area contributed by atoms with E-state index in [0.717, 1.165) is 33.7 Å². The molecule has 2 amide bonds. The standard InChI is InChI=1S/C28H28N2O3/c1-19-10-12-22(13-11-19)25-26(29(4)23-8-6-5-7-9-23)28(32)30(27(25)31)14-15-33-24-17-20(2)16-21(3)18-24/h5-13,16-18H,14-15H2,1-4H3. The predicted octanol–water partition coefficient (Wildman–Crippen LogP) is 4.91. The lowest BCUT2D eigenvalue weighted by Gasteiger charge is -2.21. The van der Waals surface area contributed by atoms with E-state index in [-0.39, 0.29) is 25.0 Å². The Hall–Kier alpha value is -3.86. The molecule has 5 heteroatoms. The highest BCUT2D eigenvalue weighted by molar-refractivity contribution is 6.36. The maximum absolute atomic E-state index is 13.5. The third kappa shape index (κ3) is 4.67. The second kappa shape index (κ2) is 9.33. The van der Waals surface area contributed by atoms with Gasteiger partial charge in [-0.15, -0.1) is 0 Å². The Labute approximate surface area is 194 Å². The first kappa shape index (κ1) is 22.3. The van der Waals surface area contributed by atoms with Gasteiger partial charge in [-0.1, -0.05) is 54.1 Å². The number of ether oxygens (including phenoxy) is 1. The molecule has 0 unspecified atom stereocenters. The molecule has 0 bridgehead atoms. The van der Waals surface area contributed by atoms with Gasteiger partial charge in [-0.3, -0.25) is 14.5 Å². The minimum Gasteiger partial charge on any atom is -0.492 e. The molecule has 0 radical (unpaired) electrons. The zero-order valence-electron chi connectivity index (χ0n) is 19.5. The van der Waals surface area contributed by atoms with E-state index in [1.54, 1.807) is 4.90 Å². The lowest BCUT2D eigenvalue weighted by atomic mass is 10.0. The lowest BCUT2D eigenvalue weighted by Crippen LogP contribution is -2.37. The first-order valence-electron chi connectivity index (χ1n) is 11.0. The largest absolute Gasteiger partial charge is 0.492 e. The summed E-state index contributed by atoms with van der Waals surface area (Å²) < 4.78 is 5.89. The Morgan fingerprint density at radius 2 is 1.42 bits per heavy atom. The van der Waals surface area contributed by atoms with Gasteiger partial charge >= 0.3 is 0 Å². The van der Waals surface area contributed by atoms with Gasteiger partial charge in [0, 0.05) is 12.7 Å². The highest BCUT2D eigenvalue weighted by atomic mass is 16.5. The summed E-state index contributed by atoms with van der Waals surface area (Å²) in [7, 11) is 1.82. The van der Waals surface area contributed by atoms with E-state index in [4.69, 9.17) is 4.74 Å². The van der Waals surface area contributed by atoms with Gasteiger partial charge in [0.1, 0.15) is 18.1 Å². The highest BCUT2D eigenvalue weighted by Crippen LogP contribution is 2.33. The van der Waals surface area contributed by atoms with Crippen molar-refractivity contribution < 1.29 is 14.3 Å². The van der Waals surface area contributed by atoms with Crippen molar-refractivity contribution in [1.29, 1.82) is 0 Å². The number of anilines is 1. The average Bonchev–Trinajstić information content (AvgIpc) is 3.04. The van der Waals surface area contributed by atoms with Gasteiger partial charge in [0.05, 0.1) is 12.1 Å². The third-order valence-corrected chi connectivity index (χ3v) is 5.74. The molecule has 0 atom stereocenters. The second-order valence-corrected chi connectivity index (χ2v) is 8.42. The molecular formula is C28H28N2O3. The molecule has 3 aromatic rings. The molecule has 0 aliphatic carbocycles. The van der Waals surface area contributed by atoms with Crippen LogP contribution in [0.1, 0.15) is 22.3 Å². The zero-order valence-corrected chi connectivity index (χ0v) is 19.5. The van der Waals surface area contributed by atoms with Crippen molar-refractivity contribution in [2.24, 2.45) is 0 Å². The predicted molar refractivity (Wildman–Crippen MR) is 131 cm³/mol. The number of carbonyl (C=O) groups is 2. The van der Waals surface area contributed by atoms with E-state index in [1.807, 2.05) is 94.5 Å². The summed E-state index contributed by atoms with van der Waals surface area (Å²) >= 11 is 0.